The van der Waals surface area contributed by atoms with E-state index in [-0.39, 0.29) is 11.3 Å². The predicted octanol–water partition coefficient (Wildman–Crippen LogP) is 3.00. The molecule has 2 atom stereocenters. The zero-order valence-electron chi connectivity index (χ0n) is 14.4. The molecule has 1 aliphatic rings. The Morgan fingerprint density at radius 3 is 2.77 bits per heavy atom. The molecular formula is C18H30N2O2. The summed E-state index contributed by atoms with van der Waals surface area (Å²) >= 11 is 0. The Balaban J connectivity index is 1.94. The molecule has 0 radical (unpaired) electrons. The topological polar surface area (TPSA) is 44.7 Å². The van der Waals surface area contributed by atoms with Gasteiger partial charge in [0, 0.05) is 18.6 Å². The molecule has 0 bridgehead atoms. The maximum Gasteiger partial charge on any atom is 0.160 e. The standard InChI is InChI=1S/C18H30N2O2/c1-14-6-5-9-18(11-14,20(2)3)13-19-12-15-7-8-17(22-4)16(21)10-15/h7-8,10,14,19,21H,5-6,9,11-13H2,1-4H3. The molecule has 0 spiro atoms. The monoisotopic (exact) mass is 306 g/mol. The molecule has 4 nitrogen and oxygen atoms in total. The first-order valence-electron chi connectivity index (χ1n) is 8.21. The number of nitrogens with one attached hydrogen (secondary N) is 1. The van der Waals surface area contributed by atoms with Crippen LogP contribution in [0.2, 0.25) is 0 Å². The van der Waals surface area contributed by atoms with Gasteiger partial charge in [0.05, 0.1) is 7.11 Å². The van der Waals surface area contributed by atoms with E-state index >= 15 is 0 Å². The van der Waals surface area contributed by atoms with Crippen molar-refractivity contribution in [3.8, 4) is 11.5 Å². The van der Waals surface area contributed by atoms with Crippen LogP contribution >= 0.6 is 0 Å². The molecular weight excluding hydrogens is 276 g/mol. The summed E-state index contributed by atoms with van der Waals surface area (Å²) in [5.74, 6) is 1.52. The second kappa shape index (κ2) is 7.34. The summed E-state index contributed by atoms with van der Waals surface area (Å²) in [7, 11) is 5.95. The quantitative estimate of drug-likeness (QED) is 0.848. The molecule has 0 aromatic heterocycles. The number of benzene rings is 1. The fraction of sp³-hybridized carbons (Fsp3) is 0.667. The molecule has 2 N–H and O–H groups in total. The van der Waals surface area contributed by atoms with Crippen molar-refractivity contribution in [2.45, 2.75) is 44.7 Å². The van der Waals surface area contributed by atoms with Gasteiger partial charge in [0.15, 0.2) is 11.5 Å². The highest BCUT2D eigenvalue weighted by molar-refractivity contribution is 5.41. The highest BCUT2D eigenvalue weighted by Gasteiger charge is 2.36. The van der Waals surface area contributed by atoms with E-state index in [4.69, 9.17) is 4.74 Å². The SMILES string of the molecule is COc1ccc(CNCC2(N(C)C)CCCC(C)C2)cc1O. The lowest BCUT2D eigenvalue weighted by Gasteiger charge is -2.45. The molecule has 124 valence electrons. The number of rotatable bonds is 6. The van der Waals surface area contributed by atoms with E-state index in [0.29, 0.717) is 5.75 Å². The van der Waals surface area contributed by atoms with E-state index in [0.717, 1.165) is 24.6 Å². The first kappa shape index (κ1) is 17.1. The maximum absolute atomic E-state index is 9.85. The molecule has 22 heavy (non-hydrogen) atoms. The maximum atomic E-state index is 9.85. The van der Waals surface area contributed by atoms with Crippen molar-refractivity contribution < 1.29 is 9.84 Å². The highest BCUT2D eigenvalue weighted by atomic mass is 16.5. The Morgan fingerprint density at radius 1 is 1.41 bits per heavy atom. The van der Waals surface area contributed by atoms with E-state index < -0.39 is 0 Å². The van der Waals surface area contributed by atoms with Gasteiger partial charge >= 0.3 is 0 Å². The van der Waals surface area contributed by atoms with E-state index in [2.05, 4.69) is 31.2 Å². The van der Waals surface area contributed by atoms with Gasteiger partial charge in [-0.3, -0.25) is 0 Å². The van der Waals surface area contributed by atoms with Gasteiger partial charge in [-0.2, -0.15) is 0 Å². The van der Waals surface area contributed by atoms with Gasteiger partial charge in [0.1, 0.15) is 0 Å². The number of ether oxygens (including phenoxy) is 1. The first-order valence-corrected chi connectivity index (χ1v) is 8.21. The second-order valence-electron chi connectivity index (χ2n) is 6.93. The van der Waals surface area contributed by atoms with Gasteiger partial charge in [-0.05, 0) is 50.6 Å². The molecule has 0 heterocycles. The van der Waals surface area contributed by atoms with Crippen LogP contribution in [-0.4, -0.2) is 43.3 Å². The number of aromatic hydroxyl groups is 1. The number of phenolic OH excluding ortho intramolecular Hbond substituents is 1. The smallest absolute Gasteiger partial charge is 0.160 e. The molecule has 1 fully saturated rings. The van der Waals surface area contributed by atoms with Gasteiger partial charge in [0.25, 0.3) is 0 Å². The van der Waals surface area contributed by atoms with Crippen LogP contribution in [0, 0.1) is 5.92 Å². The van der Waals surface area contributed by atoms with Crippen molar-refractivity contribution in [2.75, 3.05) is 27.7 Å². The molecule has 1 saturated carbocycles. The Labute approximate surface area is 134 Å². The lowest BCUT2D eigenvalue weighted by atomic mass is 9.75. The molecule has 4 heteroatoms. The van der Waals surface area contributed by atoms with Gasteiger partial charge < -0.3 is 20.1 Å². The Bertz CT molecular complexity index is 490. The normalized spacial score (nSPS) is 25.4. The van der Waals surface area contributed by atoms with Crippen LogP contribution < -0.4 is 10.1 Å². The van der Waals surface area contributed by atoms with Crippen LogP contribution in [0.4, 0.5) is 0 Å². The molecule has 0 amide bonds. The predicted molar refractivity (Wildman–Crippen MR) is 90.4 cm³/mol. The zero-order valence-corrected chi connectivity index (χ0v) is 14.4. The van der Waals surface area contributed by atoms with Crippen LogP contribution in [-0.2, 0) is 6.54 Å². The Kier molecular flexibility index (Phi) is 5.70. The minimum atomic E-state index is 0.204. The van der Waals surface area contributed by atoms with E-state index in [1.165, 1.54) is 25.7 Å². The molecule has 1 aromatic carbocycles. The van der Waals surface area contributed by atoms with Crippen LogP contribution in [0.15, 0.2) is 18.2 Å². The summed E-state index contributed by atoms with van der Waals surface area (Å²) in [6, 6.07) is 5.59. The molecule has 1 aliphatic carbocycles. The third kappa shape index (κ3) is 3.93. The molecule has 0 saturated heterocycles. The fourth-order valence-corrected chi connectivity index (χ4v) is 3.64. The van der Waals surface area contributed by atoms with Crippen LogP contribution in [0.1, 0.15) is 38.2 Å². The summed E-state index contributed by atoms with van der Waals surface area (Å²) in [5.41, 5.74) is 1.34. The van der Waals surface area contributed by atoms with Crippen molar-refractivity contribution in [3.05, 3.63) is 23.8 Å². The lowest BCUT2D eigenvalue weighted by Crippen LogP contribution is -2.54. The Hall–Kier alpha value is -1.26. The van der Waals surface area contributed by atoms with Crippen molar-refractivity contribution >= 4 is 0 Å². The van der Waals surface area contributed by atoms with Gasteiger partial charge in [-0.25, -0.2) is 0 Å². The van der Waals surface area contributed by atoms with Gasteiger partial charge in [-0.15, -0.1) is 0 Å². The second-order valence-corrected chi connectivity index (χ2v) is 6.93. The van der Waals surface area contributed by atoms with Crippen LogP contribution in [0.25, 0.3) is 0 Å². The zero-order chi connectivity index (χ0) is 16.2. The molecule has 0 aliphatic heterocycles. The molecule has 2 unspecified atom stereocenters. The number of phenols is 1. The summed E-state index contributed by atoms with van der Waals surface area (Å²) in [4.78, 5) is 2.39. The van der Waals surface area contributed by atoms with Gasteiger partial charge in [0.2, 0.25) is 0 Å². The summed E-state index contributed by atoms with van der Waals surface area (Å²) in [6.07, 6.45) is 5.17. The van der Waals surface area contributed by atoms with Crippen molar-refractivity contribution in [1.29, 1.82) is 0 Å². The number of likely N-dealkylation sites (N-methyl/N-ethyl adjacent to an activating group) is 1. The van der Waals surface area contributed by atoms with Crippen molar-refractivity contribution in [2.24, 2.45) is 5.92 Å². The third-order valence-electron chi connectivity index (χ3n) is 5.04. The summed E-state index contributed by atoms with van der Waals surface area (Å²) in [6.45, 7) is 4.11. The van der Waals surface area contributed by atoms with E-state index in [9.17, 15) is 5.11 Å². The molecule has 2 rings (SSSR count). The molecule has 1 aromatic rings. The van der Waals surface area contributed by atoms with Crippen molar-refractivity contribution in [3.63, 3.8) is 0 Å². The first-order chi connectivity index (χ1) is 10.5. The number of hydrogen-bond acceptors (Lipinski definition) is 4. The average molecular weight is 306 g/mol. The number of nitrogens with zero attached hydrogens (tertiary/aromatic N) is 1. The van der Waals surface area contributed by atoms with Crippen LogP contribution in [0.3, 0.4) is 0 Å². The van der Waals surface area contributed by atoms with E-state index in [1.54, 1.807) is 13.2 Å². The fourth-order valence-electron chi connectivity index (χ4n) is 3.64. The largest absolute Gasteiger partial charge is 0.504 e. The number of methoxy groups -OCH3 is 1. The highest BCUT2D eigenvalue weighted by Crippen LogP contribution is 2.35. The Morgan fingerprint density at radius 2 is 2.18 bits per heavy atom. The van der Waals surface area contributed by atoms with Crippen molar-refractivity contribution in [1.82, 2.24) is 10.2 Å². The van der Waals surface area contributed by atoms with Crippen LogP contribution in [0.5, 0.6) is 11.5 Å². The average Bonchev–Trinajstić information content (AvgIpc) is 2.47. The summed E-state index contributed by atoms with van der Waals surface area (Å²) < 4.78 is 5.08. The van der Waals surface area contributed by atoms with Gasteiger partial charge in [-0.1, -0.05) is 25.8 Å². The lowest BCUT2D eigenvalue weighted by molar-refractivity contribution is 0.0749. The minimum Gasteiger partial charge on any atom is -0.504 e. The minimum absolute atomic E-state index is 0.204. The summed E-state index contributed by atoms with van der Waals surface area (Å²) in [5, 5.41) is 13.4. The third-order valence-corrected chi connectivity index (χ3v) is 5.04. The number of hydrogen-bond donors (Lipinski definition) is 2. The van der Waals surface area contributed by atoms with E-state index in [1.807, 2.05) is 12.1 Å².